The van der Waals surface area contributed by atoms with Crippen LogP contribution in [0.25, 0.3) is 0 Å². The topological polar surface area (TPSA) is 17.1 Å². The first kappa shape index (κ1) is 7.42. The third kappa shape index (κ3) is 1.64. The van der Waals surface area contributed by atoms with Gasteiger partial charge in [-0.05, 0) is 24.3 Å². The van der Waals surface area contributed by atoms with Crippen molar-refractivity contribution >= 4 is 13.4 Å². The SMILES string of the molecule is O=[PH](F)c1ccc(F)cc1. The first-order valence-electron chi connectivity index (χ1n) is 2.65. The van der Waals surface area contributed by atoms with Gasteiger partial charge in [-0.1, -0.05) is 0 Å². The summed E-state index contributed by atoms with van der Waals surface area (Å²) in [7, 11) is -3.15. The van der Waals surface area contributed by atoms with E-state index >= 15 is 0 Å². The van der Waals surface area contributed by atoms with Crippen LogP contribution in [0.2, 0.25) is 0 Å². The fourth-order valence-corrected chi connectivity index (χ4v) is 1.01. The lowest BCUT2D eigenvalue weighted by Crippen LogP contribution is -1.91. The molecule has 0 aliphatic rings. The molecule has 54 valence electrons. The van der Waals surface area contributed by atoms with Crippen molar-refractivity contribution < 1.29 is 13.2 Å². The highest BCUT2D eigenvalue weighted by molar-refractivity contribution is 7.47. The van der Waals surface area contributed by atoms with Crippen LogP contribution in [0.3, 0.4) is 0 Å². The molecule has 0 N–H and O–H groups in total. The second kappa shape index (κ2) is 2.93. The van der Waals surface area contributed by atoms with Crippen molar-refractivity contribution in [1.29, 1.82) is 0 Å². The van der Waals surface area contributed by atoms with E-state index in [2.05, 4.69) is 0 Å². The minimum absolute atomic E-state index is 0.0615. The van der Waals surface area contributed by atoms with Gasteiger partial charge >= 0.3 is 0 Å². The van der Waals surface area contributed by atoms with Crippen molar-refractivity contribution in [3.8, 4) is 0 Å². The lowest BCUT2D eigenvalue weighted by Gasteiger charge is -1.90. The monoisotopic (exact) mass is 162 g/mol. The van der Waals surface area contributed by atoms with Crippen LogP contribution < -0.4 is 5.30 Å². The van der Waals surface area contributed by atoms with Crippen LogP contribution in [0, 0.1) is 5.82 Å². The van der Waals surface area contributed by atoms with Crippen LogP contribution in [0.5, 0.6) is 0 Å². The predicted molar refractivity (Wildman–Crippen MR) is 36.1 cm³/mol. The summed E-state index contributed by atoms with van der Waals surface area (Å²) in [6.45, 7) is 0. The maximum atomic E-state index is 12.1. The van der Waals surface area contributed by atoms with Crippen molar-refractivity contribution in [3.63, 3.8) is 0 Å². The molecule has 1 atom stereocenters. The smallest absolute Gasteiger partial charge is 0.261 e. The summed E-state index contributed by atoms with van der Waals surface area (Å²) in [6, 6.07) is 4.52. The molecule has 0 amide bonds. The van der Waals surface area contributed by atoms with E-state index in [1.54, 1.807) is 0 Å². The normalized spacial score (nSPS) is 13.0. The van der Waals surface area contributed by atoms with Gasteiger partial charge in [-0.3, -0.25) is 4.57 Å². The Labute approximate surface area is 57.6 Å². The molecule has 0 fully saturated rings. The van der Waals surface area contributed by atoms with E-state index in [1.165, 1.54) is 12.1 Å². The summed E-state index contributed by atoms with van der Waals surface area (Å²) in [5.41, 5.74) is 0. The first-order valence-corrected chi connectivity index (χ1v) is 3.94. The Bertz CT molecular complexity index is 244. The summed E-state index contributed by atoms with van der Waals surface area (Å²) >= 11 is 0. The second-order valence-electron chi connectivity index (χ2n) is 1.78. The minimum atomic E-state index is -3.15. The molecule has 0 heterocycles. The Hall–Kier alpha value is -0.690. The minimum Gasteiger partial charge on any atom is -0.286 e. The van der Waals surface area contributed by atoms with Gasteiger partial charge in [0.05, 0.1) is 0 Å². The Morgan fingerprint density at radius 1 is 1.20 bits per heavy atom. The molecule has 1 unspecified atom stereocenters. The van der Waals surface area contributed by atoms with E-state index in [9.17, 15) is 13.2 Å². The molecular formula is C6H5F2OP. The molecule has 1 nitrogen and oxygen atoms in total. The van der Waals surface area contributed by atoms with Gasteiger partial charge in [0.2, 0.25) is 0 Å². The molecule has 0 saturated carbocycles. The zero-order valence-corrected chi connectivity index (χ0v) is 5.97. The predicted octanol–water partition coefficient (Wildman–Crippen LogP) is 1.90. The molecular weight excluding hydrogens is 157 g/mol. The Kier molecular flexibility index (Phi) is 2.17. The Morgan fingerprint density at radius 3 is 2.10 bits per heavy atom. The van der Waals surface area contributed by atoms with Crippen LogP contribution in [0.15, 0.2) is 24.3 Å². The number of benzene rings is 1. The highest BCUT2D eigenvalue weighted by Gasteiger charge is 1.98. The fraction of sp³-hybridized carbons (Fsp3) is 0. The van der Waals surface area contributed by atoms with Gasteiger partial charge in [0, 0.05) is 5.30 Å². The van der Waals surface area contributed by atoms with Gasteiger partial charge < -0.3 is 0 Å². The summed E-state index contributed by atoms with van der Waals surface area (Å²) in [4.78, 5) is 0. The molecule has 0 radical (unpaired) electrons. The van der Waals surface area contributed by atoms with Gasteiger partial charge in [-0.25, -0.2) is 4.39 Å². The molecule has 0 bridgehead atoms. The van der Waals surface area contributed by atoms with Gasteiger partial charge in [0.1, 0.15) is 5.82 Å². The summed E-state index contributed by atoms with van der Waals surface area (Å²) < 4.78 is 34.3. The van der Waals surface area contributed by atoms with Crippen molar-refractivity contribution in [2.75, 3.05) is 0 Å². The highest BCUT2D eigenvalue weighted by atomic mass is 31.1. The molecule has 4 heteroatoms. The van der Waals surface area contributed by atoms with Gasteiger partial charge in [0.25, 0.3) is 8.11 Å². The molecule has 0 aliphatic heterocycles. The van der Waals surface area contributed by atoms with Crippen molar-refractivity contribution in [1.82, 2.24) is 0 Å². The molecule has 1 rings (SSSR count). The molecule has 1 aromatic rings. The largest absolute Gasteiger partial charge is 0.286 e. The van der Waals surface area contributed by atoms with E-state index < -0.39 is 13.9 Å². The zero-order valence-electron chi connectivity index (χ0n) is 4.97. The van der Waals surface area contributed by atoms with Crippen LogP contribution in [-0.4, -0.2) is 0 Å². The van der Waals surface area contributed by atoms with E-state index in [4.69, 9.17) is 0 Å². The van der Waals surface area contributed by atoms with Gasteiger partial charge in [0.15, 0.2) is 0 Å². The van der Waals surface area contributed by atoms with Crippen LogP contribution in [-0.2, 0) is 4.57 Å². The summed E-state index contributed by atoms with van der Waals surface area (Å²) in [5, 5.41) is 0.0615. The van der Waals surface area contributed by atoms with Crippen molar-refractivity contribution in [3.05, 3.63) is 30.1 Å². The maximum Gasteiger partial charge on any atom is 0.261 e. The van der Waals surface area contributed by atoms with Crippen molar-refractivity contribution in [2.24, 2.45) is 0 Å². The molecule has 0 aliphatic carbocycles. The van der Waals surface area contributed by atoms with E-state index in [0.29, 0.717) is 0 Å². The van der Waals surface area contributed by atoms with Crippen LogP contribution >= 0.6 is 8.11 Å². The van der Waals surface area contributed by atoms with Crippen LogP contribution in [0.4, 0.5) is 8.59 Å². The number of hydrogen-bond donors (Lipinski definition) is 0. The Morgan fingerprint density at radius 2 is 1.70 bits per heavy atom. The van der Waals surface area contributed by atoms with Crippen molar-refractivity contribution in [2.45, 2.75) is 0 Å². The number of hydrogen-bond acceptors (Lipinski definition) is 1. The molecule has 0 spiro atoms. The summed E-state index contributed by atoms with van der Waals surface area (Å²) in [5.74, 6) is -0.452. The first-order chi connectivity index (χ1) is 4.70. The molecule has 1 aromatic carbocycles. The van der Waals surface area contributed by atoms with E-state index in [0.717, 1.165) is 12.1 Å². The highest BCUT2D eigenvalue weighted by Crippen LogP contribution is 2.19. The van der Waals surface area contributed by atoms with E-state index in [1.807, 2.05) is 0 Å². The number of halogens is 2. The lowest BCUT2D eigenvalue weighted by molar-refractivity contribution is 0.567. The third-order valence-corrected chi connectivity index (χ3v) is 1.86. The standard InChI is InChI=1S/C6H5F2OP/c7-5-1-3-6(4-2-5)10(8)9/h1-4,10H. The second-order valence-corrected chi connectivity index (χ2v) is 2.91. The summed E-state index contributed by atoms with van der Waals surface area (Å²) in [6.07, 6.45) is 0. The molecule has 0 aromatic heterocycles. The Balaban J connectivity index is 3.00. The van der Waals surface area contributed by atoms with Gasteiger partial charge in [-0.15, -0.1) is 0 Å². The lowest BCUT2D eigenvalue weighted by atomic mass is 10.4. The average molecular weight is 162 g/mol. The average Bonchev–Trinajstić information content (AvgIpc) is 1.88. The fourth-order valence-electron chi connectivity index (χ4n) is 0.581. The van der Waals surface area contributed by atoms with E-state index in [-0.39, 0.29) is 5.30 Å². The maximum absolute atomic E-state index is 12.1. The van der Waals surface area contributed by atoms with Crippen LogP contribution in [0.1, 0.15) is 0 Å². The number of rotatable bonds is 1. The quantitative estimate of drug-likeness (QED) is 0.576. The molecule has 0 saturated heterocycles. The van der Waals surface area contributed by atoms with Gasteiger partial charge in [-0.2, -0.15) is 4.20 Å². The third-order valence-electron chi connectivity index (χ3n) is 1.07. The molecule has 10 heavy (non-hydrogen) atoms. The zero-order chi connectivity index (χ0) is 7.56.